The summed E-state index contributed by atoms with van der Waals surface area (Å²) < 4.78 is 11.8. The predicted octanol–water partition coefficient (Wildman–Crippen LogP) is 2.87. The summed E-state index contributed by atoms with van der Waals surface area (Å²) in [6.07, 6.45) is 2.59. The average Bonchev–Trinajstić information content (AvgIpc) is 2.61. The van der Waals surface area contributed by atoms with Crippen LogP contribution in [0.5, 0.6) is 11.8 Å². The van der Waals surface area contributed by atoms with Gasteiger partial charge in [-0.25, -0.2) is 0 Å². The molecule has 7 nitrogen and oxygen atoms in total. The molecule has 2 rings (SSSR count). The monoisotopic (exact) mass is 359 g/mol. The Kier molecular flexibility index (Phi) is 6.38. The van der Waals surface area contributed by atoms with Crippen LogP contribution in [0.2, 0.25) is 0 Å². The van der Waals surface area contributed by atoms with Crippen molar-refractivity contribution < 1.29 is 14.3 Å². The molecule has 0 atom stereocenters. The fourth-order valence-corrected chi connectivity index (χ4v) is 2.49. The van der Waals surface area contributed by atoms with E-state index >= 15 is 0 Å². The molecule has 26 heavy (non-hydrogen) atoms. The fourth-order valence-electron chi connectivity index (χ4n) is 2.49. The molecule has 0 aromatic carbocycles. The Balaban J connectivity index is 2.32. The van der Waals surface area contributed by atoms with Crippen LogP contribution in [0.1, 0.15) is 36.2 Å². The maximum atomic E-state index is 12.7. The summed E-state index contributed by atoms with van der Waals surface area (Å²) >= 11 is 0. The number of hydrogen-bond acceptors (Lipinski definition) is 5. The molecule has 0 unspecified atom stereocenters. The van der Waals surface area contributed by atoms with Gasteiger partial charge < -0.3 is 19.4 Å². The molecule has 0 fully saturated rings. The van der Waals surface area contributed by atoms with Crippen LogP contribution in [0.25, 0.3) is 0 Å². The molecule has 0 bridgehead atoms. The van der Waals surface area contributed by atoms with E-state index in [-0.39, 0.29) is 17.0 Å². The number of hydrogen-bond donors (Lipinski definition) is 1. The first-order chi connectivity index (χ1) is 12.4. The normalized spacial score (nSPS) is 10.7. The van der Waals surface area contributed by atoms with Gasteiger partial charge >= 0.3 is 0 Å². The molecule has 2 aromatic heterocycles. The number of nitrogens with one attached hydrogen (secondary N) is 1. The van der Waals surface area contributed by atoms with Crippen molar-refractivity contribution in [3.8, 4) is 11.8 Å². The van der Waals surface area contributed by atoms with Gasteiger partial charge in [-0.1, -0.05) is 13.8 Å². The van der Waals surface area contributed by atoms with Crippen molar-refractivity contribution in [3.05, 3.63) is 45.9 Å². The minimum atomic E-state index is -0.489. The Labute approximate surface area is 153 Å². The molecule has 0 radical (unpaired) electrons. The second kappa shape index (κ2) is 8.51. The largest absolute Gasteiger partial charge is 0.481 e. The van der Waals surface area contributed by atoms with E-state index in [1.54, 1.807) is 35.9 Å². The number of nitrogens with zero attached hydrogens (tertiary/aromatic N) is 2. The zero-order valence-corrected chi connectivity index (χ0v) is 15.8. The van der Waals surface area contributed by atoms with Crippen molar-refractivity contribution in [2.24, 2.45) is 5.92 Å². The molecule has 0 saturated heterocycles. The quantitative estimate of drug-likeness (QED) is 0.822. The topological polar surface area (TPSA) is 82.5 Å². The lowest BCUT2D eigenvalue weighted by molar-refractivity contribution is 0.102. The lowest BCUT2D eigenvalue weighted by atomic mass is 10.1. The van der Waals surface area contributed by atoms with Gasteiger partial charge in [-0.3, -0.25) is 9.59 Å². The first-order valence-corrected chi connectivity index (χ1v) is 8.47. The molecule has 1 amide bonds. The number of anilines is 1. The van der Waals surface area contributed by atoms with E-state index in [1.807, 2.05) is 0 Å². The SMILES string of the molecule is COc1ccc(NC(=O)c2c(C)ccn(CCC(C)C)c2=O)c(OC)n1. The zero-order valence-electron chi connectivity index (χ0n) is 15.8. The van der Waals surface area contributed by atoms with Crippen LogP contribution >= 0.6 is 0 Å². The molecule has 1 N–H and O–H groups in total. The molecule has 2 heterocycles. The van der Waals surface area contributed by atoms with Crippen molar-refractivity contribution in [1.82, 2.24) is 9.55 Å². The zero-order chi connectivity index (χ0) is 19.3. The van der Waals surface area contributed by atoms with Crippen LogP contribution in [0.15, 0.2) is 29.2 Å². The molecule has 140 valence electrons. The minimum absolute atomic E-state index is 0.120. The highest BCUT2D eigenvalue weighted by Gasteiger charge is 2.18. The summed E-state index contributed by atoms with van der Waals surface area (Å²) in [5.74, 6) is 0.560. The lowest BCUT2D eigenvalue weighted by Gasteiger charge is -2.13. The van der Waals surface area contributed by atoms with Crippen LogP contribution in [0.4, 0.5) is 5.69 Å². The van der Waals surface area contributed by atoms with Gasteiger partial charge in [-0.2, -0.15) is 4.98 Å². The van der Waals surface area contributed by atoms with Crippen molar-refractivity contribution in [2.45, 2.75) is 33.7 Å². The average molecular weight is 359 g/mol. The van der Waals surface area contributed by atoms with Crippen LogP contribution in [0, 0.1) is 12.8 Å². The van der Waals surface area contributed by atoms with E-state index < -0.39 is 5.91 Å². The maximum Gasteiger partial charge on any atom is 0.263 e. The van der Waals surface area contributed by atoms with E-state index in [2.05, 4.69) is 24.1 Å². The smallest absolute Gasteiger partial charge is 0.263 e. The number of aromatic nitrogens is 2. The van der Waals surface area contributed by atoms with Crippen molar-refractivity contribution >= 4 is 11.6 Å². The van der Waals surface area contributed by atoms with Gasteiger partial charge in [0.25, 0.3) is 11.5 Å². The second-order valence-electron chi connectivity index (χ2n) is 6.42. The molecule has 0 aliphatic rings. The molecule has 7 heteroatoms. The van der Waals surface area contributed by atoms with Gasteiger partial charge in [0.1, 0.15) is 11.3 Å². The van der Waals surface area contributed by atoms with Crippen molar-refractivity contribution in [2.75, 3.05) is 19.5 Å². The summed E-state index contributed by atoms with van der Waals surface area (Å²) in [5.41, 5.74) is 0.807. The van der Waals surface area contributed by atoms with Crippen LogP contribution in [-0.2, 0) is 6.54 Å². The third kappa shape index (κ3) is 4.41. The van der Waals surface area contributed by atoms with Gasteiger partial charge in [-0.05, 0) is 37.0 Å². The van der Waals surface area contributed by atoms with E-state index in [0.717, 1.165) is 6.42 Å². The highest BCUT2D eigenvalue weighted by molar-refractivity contribution is 6.05. The minimum Gasteiger partial charge on any atom is -0.481 e. The Morgan fingerprint density at radius 1 is 1.23 bits per heavy atom. The molecule has 2 aromatic rings. The van der Waals surface area contributed by atoms with E-state index in [9.17, 15) is 9.59 Å². The van der Waals surface area contributed by atoms with E-state index in [0.29, 0.717) is 29.6 Å². The highest BCUT2D eigenvalue weighted by atomic mass is 16.5. The van der Waals surface area contributed by atoms with Gasteiger partial charge in [0.15, 0.2) is 0 Å². The lowest BCUT2D eigenvalue weighted by Crippen LogP contribution is -2.30. The molecule has 0 aliphatic carbocycles. The van der Waals surface area contributed by atoms with Gasteiger partial charge in [0.05, 0.1) is 14.2 Å². The Morgan fingerprint density at radius 3 is 2.58 bits per heavy atom. The Bertz CT molecular complexity index is 843. The molecular formula is C19H25N3O4. The third-order valence-corrected chi connectivity index (χ3v) is 4.03. The number of aryl methyl sites for hydroxylation is 2. The van der Waals surface area contributed by atoms with Crippen LogP contribution in [0.3, 0.4) is 0 Å². The number of pyridine rings is 2. The number of methoxy groups -OCH3 is 2. The van der Waals surface area contributed by atoms with E-state index in [4.69, 9.17) is 9.47 Å². The molecule has 0 aliphatic heterocycles. The maximum absolute atomic E-state index is 12.7. The molecule has 0 saturated carbocycles. The summed E-state index contributed by atoms with van der Waals surface area (Å²) in [4.78, 5) is 29.6. The van der Waals surface area contributed by atoms with Crippen molar-refractivity contribution in [3.63, 3.8) is 0 Å². The van der Waals surface area contributed by atoms with Crippen LogP contribution in [-0.4, -0.2) is 29.7 Å². The summed E-state index contributed by atoms with van der Waals surface area (Å²) in [7, 11) is 2.94. The third-order valence-electron chi connectivity index (χ3n) is 4.03. The van der Waals surface area contributed by atoms with Crippen LogP contribution < -0.4 is 20.3 Å². The number of ether oxygens (including phenoxy) is 2. The van der Waals surface area contributed by atoms with Crippen molar-refractivity contribution in [1.29, 1.82) is 0 Å². The summed E-state index contributed by atoms with van der Waals surface area (Å²) in [6.45, 7) is 6.50. The fraction of sp³-hybridized carbons (Fsp3) is 0.421. The number of amides is 1. The van der Waals surface area contributed by atoms with Gasteiger partial charge in [-0.15, -0.1) is 0 Å². The standard InChI is InChI=1S/C19H25N3O4/c1-12(2)8-10-22-11-9-13(3)16(19(22)24)17(23)20-14-6-7-15(25-4)21-18(14)26-5/h6-7,9,11-12H,8,10H2,1-5H3,(H,20,23). The first kappa shape index (κ1) is 19.5. The predicted molar refractivity (Wildman–Crippen MR) is 100 cm³/mol. The van der Waals surface area contributed by atoms with Gasteiger partial charge in [0, 0.05) is 18.8 Å². The summed E-state index contributed by atoms with van der Waals surface area (Å²) in [6, 6.07) is 5.01. The number of rotatable bonds is 7. The number of carbonyl (C=O) groups excluding carboxylic acids is 1. The first-order valence-electron chi connectivity index (χ1n) is 8.47. The second-order valence-corrected chi connectivity index (χ2v) is 6.42. The van der Waals surface area contributed by atoms with E-state index in [1.165, 1.54) is 14.2 Å². The Morgan fingerprint density at radius 2 is 1.96 bits per heavy atom. The summed E-state index contributed by atoms with van der Waals surface area (Å²) in [5, 5.41) is 2.71. The molecule has 0 spiro atoms. The van der Waals surface area contributed by atoms with Gasteiger partial charge in [0.2, 0.25) is 11.8 Å². The highest BCUT2D eigenvalue weighted by Crippen LogP contribution is 2.25. The molecular weight excluding hydrogens is 334 g/mol. The number of carbonyl (C=O) groups is 1. The Hall–Kier alpha value is -2.83.